The highest BCUT2D eigenvalue weighted by Gasteiger charge is 2.41. The molecule has 1 N–H and O–H groups in total. The van der Waals surface area contributed by atoms with Crippen molar-refractivity contribution in [2.75, 3.05) is 18.0 Å². The highest BCUT2D eigenvalue weighted by Crippen LogP contribution is 2.35. The highest BCUT2D eigenvalue weighted by atomic mass is 16.4. The monoisotopic (exact) mass is 323 g/mol. The van der Waals surface area contributed by atoms with Crippen molar-refractivity contribution in [3.63, 3.8) is 0 Å². The van der Waals surface area contributed by atoms with Crippen LogP contribution in [0, 0.1) is 5.41 Å². The molecule has 0 radical (unpaired) electrons. The predicted octanol–water partition coefficient (Wildman–Crippen LogP) is 2.12. The van der Waals surface area contributed by atoms with Crippen molar-refractivity contribution >= 4 is 22.8 Å². The molecule has 24 heavy (non-hydrogen) atoms. The molecule has 7 heteroatoms. The van der Waals surface area contributed by atoms with E-state index in [1.165, 1.54) is 6.33 Å². The topological polar surface area (TPSA) is 84.1 Å². The number of carbonyl (C=O) groups is 1. The van der Waals surface area contributed by atoms with Crippen molar-refractivity contribution in [2.45, 2.75) is 13.3 Å². The molecule has 0 saturated carbocycles. The van der Waals surface area contributed by atoms with Crippen molar-refractivity contribution in [3.05, 3.63) is 42.9 Å². The minimum absolute atomic E-state index is 0.435. The van der Waals surface area contributed by atoms with Gasteiger partial charge in [0.05, 0.1) is 22.7 Å². The molecule has 0 spiro atoms. The van der Waals surface area contributed by atoms with E-state index in [0.717, 1.165) is 22.5 Å². The van der Waals surface area contributed by atoms with Gasteiger partial charge in [-0.25, -0.2) is 14.6 Å². The van der Waals surface area contributed by atoms with Crippen LogP contribution in [0.3, 0.4) is 0 Å². The van der Waals surface area contributed by atoms with Gasteiger partial charge in [0.15, 0.2) is 5.65 Å². The van der Waals surface area contributed by atoms with Crippen LogP contribution in [-0.2, 0) is 4.79 Å². The Bertz CT molecular complexity index is 908. The summed E-state index contributed by atoms with van der Waals surface area (Å²) in [6.07, 6.45) is 3.85. The molecule has 1 aliphatic heterocycles. The van der Waals surface area contributed by atoms with E-state index >= 15 is 0 Å². The lowest BCUT2D eigenvalue weighted by Crippen LogP contribution is -2.32. The van der Waals surface area contributed by atoms with Gasteiger partial charge in [0, 0.05) is 13.1 Å². The van der Waals surface area contributed by atoms with Gasteiger partial charge in [-0.2, -0.15) is 5.10 Å². The summed E-state index contributed by atoms with van der Waals surface area (Å²) in [5.74, 6) is -0.0255. The molecule has 4 rings (SSSR count). The number of carboxylic acid groups (broad SMARTS) is 1. The molecule has 1 saturated heterocycles. The van der Waals surface area contributed by atoms with E-state index in [1.807, 2.05) is 35.2 Å². The highest BCUT2D eigenvalue weighted by molar-refractivity contribution is 5.88. The Labute approximate surface area is 138 Å². The third-order valence-electron chi connectivity index (χ3n) is 4.63. The van der Waals surface area contributed by atoms with Crippen LogP contribution in [0.2, 0.25) is 0 Å². The minimum atomic E-state index is -0.768. The quantitative estimate of drug-likeness (QED) is 0.795. The Kier molecular flexibility index (Phi) is 3.23. The summed E-state index contributed by atoms with van der Waals surface area (Å²) in [6.45, 7) is 2.87. The number of nitrogens with zero attached hydrogens (tertiary/aromatic N) is 5. The number of carboxylic acids is 1. The Morgan fingerprint density at radius 1 is 1.25 bits per heavy atom. The first kappa shape index (κ1) is 14.6. The number of fused-ring (bicyclic) bond motifs is 1. The molecule has 2 aromatic heterocycles. The molecule has 1 aromatic carbocycles. The fraction of sp³-hybridized carbons (Fsp3) is 0.294. The average molecular weight is 323 g/mol. The van der Waals surface area contributed by atoms with Gasteiger partial charge in [-0.15, -0.1) is 0 Å². The van der Waals surface area contributed by atoms with Crippen LogP contribution < -0.4 is 4.90 Å². The second kappa shape index (κ2) is 5.30. The van der Waals surface area contributed by atoms with Crippen LogP contribution in [0.4, 0.5) is 5.82 Å². The lowest BCUT2D eigenvalue weighted by molar-refractivity contribution is -0.146. The molecule has 1 unspecified atom stereocenters. The largest absolute Gasteiger partial charge is 0.481 e. The van der Waals surface area contributed by atoms with Gasteiger partial charge in [0.2, 0.25) is 0 Å². The SMILES string of the molecule is CC1(C(=O)O)CCN(c2ncnc3c2cnn3-c2ccccc2)C1. The number of aliphatic carboxylic acids is 1. The summed E-state index contributed by atoms with van der Waals surface area (Å²) in [6, 6.07) is 9.77. The van der Waals surface area contributed by atoms with Crippen LogP contribution in [-0.4, -0.2) is 43.9 Å². The van der Waals surface area contributed by atoms with Gasteiger partial charge >= 0.3 is 5.97 Å². The number of anilines is 1. The fourth-order valence-corrected chi connectivity index (χ4v) is 3.16. The predicted molar refractivity (Wildman–Crippen MR) is 89.2 cm³/mol. The Balaban J connectivity index is 1.76. The minimum Gasteiger partial charge on any atom is -0.481 e. The first-order valence-corrected chi connectivity index (χ1v) is 7.81. The molecule has 1 atom stereocenters. The van der Waals surface area contributed by atoms with Crippen LogP contribution in [0.5, 0.6) is 0 Å². The molecule has 7 nitrogen and oxygen atoms in total. The standard InChI is InChI=1S/C17H17N5O2/c1-17(16(23)24)7-8-21(10-17)14-13-9-20-22(15(13)19-11-18-14)12-5-3-2-4-6-12/h2-6,9,11H,7-8,10H2,1H3,(H,23,24). The Morgan fingerprint density at radius 3 is 2.75 bits per heavy atom. The molecule has 3 heterocycles. The van der Waals surface area contributed by atoms with Gasteiger partial charge < -0.3 is 10.0 Å². The summed E-state index contributed by atoms with van der Waals surface area (Å²) in [5, 5.41) is 14.7. The van der Waals surface area contributed by atoms with Gasteiger partial charge in [0.1, 0.15) is 12.1 Å². The molecule has 0 aliphatic carbocycles. The molecule has 1 aliphatic rings. The Hall–Kier alpha value is -2.96. The van der Waals surface area contributed by atoms with E-state index in [0.29, 0.717) is 19.5 Å². The van der Waals surface area contributed by atoms with E-state index in [4.69, 9.17) is 0 Å². The number of aromatic nitrogens is 4. The lowest BCUT2D eigenvalue weighted by Gasteiger charge is -2.21. The molecular weight excluding hydrogens is 306 g/mol. The number of hydrogen-bond acceptors (Lipinski definition) is 5. The number of hydrogen-bond donors (Lipinski definition) is 1. The van der Waals surface area contributed by atoms with Gasteiger partial charge in [-0.05, 0) is 25.5 Å². The van der Waals surface area contributed by atoms with Crippen molar-refractivity contribution in [2.24, 2.45) is 5.41 Å². The molecule has 3 aromatic rings. The van der Waals surface area contributed by atoms with E-state index in [1.54, 1.807) is 17.8 Å². The van der Waals surface area contributed by atoms with Crippen LogP contribution in [0.25, 0.3) is 16.7 Å². The summed E-state index contributed by atoms with van der Waals surface area (Å²) in [7, 11) is 0. The molecule has 0 amide bonds. The molecule has 122 valence electrons. The second-order valence-electron chi connectivity index (χ2n) is 6.36. The zero-order valence-electron chi connectivity index (χ0n) is 13.3. The van der Waals surface area contributed by atoms with Crippen LogP contribution in [0.15, 0.2) is 42.9 Å². The van der Waals surface area contributed by atoms with Gasteiger partial charge in [-0.3, -0.25) is 4.79 Å². The summed E-state index contributed by atoms with van der Waals surface area (Å²) < 4.78 is 1.77. The van der Waals surface area contributed by atoms with Crippen molar-refractivity contribution < 1.29 is 9.90 Å². The zero-order valence-corrected chi connectivity index (χ0v) is 13.3. The molecular formula is C17H17N5O2. The lowest BCUT2D eigenvalue weighted by atomic mass is 9.90. The van der Waals surface area contributed by atoms with E-state index in [2.05, 4.69) is 15.1 Å². The maximum atomic E-state index is 11.5. The third-order valence-corrected chi connectivity index (χ3v) is 4.63. The fourth-order valence-electron chi connectivity index (χ4n) is 3.16. The summed E-state index contributed by atoms with van der Waals surface area (Å²) in [4.78, 5) is 22.2. The van der Waals surface area contributed by atoms with Crippen molar-refractivity contribution in [1.29, 1.82) is 0 Å². The van der Waals surface area contributed by atoms with Crippen molar-refractivity contribution in [1.82, 2.24) is 19.7 Å². The van der Waals surface area contributed by atoms with Crippen LogP contribution >= 0.6 is 0 Å². The van der Waals surface area contributed by atoms with E-state index in [9.17, 15) is 9.90 Å². The van der Waals surface area contributed by atoms with E-state index in [-0.39, 0.29) is 0 Å². The third kappa shape index (κ3) is 2.20. The average Bonchev–Trinajstić information content (AvgIpc) is 3.20. The zero-order chi connectivity index (χ0) is 16.7. The smallest absolute Gasteiger partial charge is 0.311 e. The number of rotatable bonds is 3. The van der Waals surface area contributed by atoms with Gasteiger partial charge in [-0.1, -0.05) is 18.2 Å². The molecule has 0 bridgehead atoms. The maximum Gasteiger partial charge on any atom is 0.311 e. The second-order valence-corrected chi connectivity index (χ2v) is 6.36. The normalized spacial score (nSPS) is 20.6. The Morgan fingerprint density at radius 2 is 2.04 bits per heavy atom. The summed E-state index contributed by atoms with van der Waals surface area (Å²) >= 11 is 0. The molecule has 1 fully saturated rings. The van der Waals surface area contributed by atoms with Gasteiger partial charge in [0.25, 0.3) is 0 Å². The number of para-hydroxylation sites is 1. The first-order chi connectivity index (χ1) is 11.6. The summed E-state index contributed by atoms with van der Waals surface area (Å²) in [5.41, 5.74) is 0.899. The van der Waals surface area contributed by atoms with E-state index < -0.39 is 11.4 Å². The number of benzene rings is 1. The maximum absolute atomic E-state index is 11.5. The van der Waals surface area contributed by atoms with Crippen LogP contribution in [0.1, 0.15) is 13.3 Å². The first-order valence-electron chi connectivity index (χ1n) is 7.81. The van der Waals surface area contributed by atoms with Crippen molar-refractivity contribution in [3.8, 4) is 5.69 Å².